The third-order valence-electron chi connectivity index (χ3n) is 10.8. The van der Waals surface area contributed by atoms with E-state index in [4.69, 9.17) is 21.3 Å². The summed E-state index contributed by atoms with van der Waals surface area (Å²) in [6, 6.07) is 19.9. The second-order valence-electron chi connectivity index (χ2n) is 14.8. The van der Waals surface area contributed by atoms with Gasteiger partial charge < -0.3 is 26.0 Å². The third kappa shape index (κ3) is 9.41. The molecule has 0 aliphatic carbocycles. The number of aromatic nitrogens is 3. The normalized spacial score (nSPS) is 15.4. The molecule has 12 heteroatoms. The monoisotopic (exact) mass is 776 g/mol. The number of fused-ring (bicyclic) bond motifs is 1. The summed E-state index contributed by atoms with van der Waals surface area (Å²) in [6.45, 7) is 13.8. The number of carbonyl (C=O) groups excluding carboxylic acids is 2. The van der Waals surface area contributed by atoms with Gasteiger partial charge in [-0.3, -0.25) is 14.5 Å². The average Bonchev–Trinajstić information content (AvgIpc) is 3.46. The van der Waals surface area contributed by atoms with Gasteiger partial charge in [0.05, 0.1) is 17.3 Å². The predicted octanol–water partition coefficient (Wildman–Crippen LogP) is 6.89. The van der Waals surface area contributed by atoms with E-state index in [1.807, 2.05) is 42.1 Å². The molecule has 56 heavy (non-hydrogen) atoms. The fraction of sp³-hybridized carbons (Fsp3) is 0.409. The van der Waals surface area contributed by atoms with E-state index in [9.17, 15) is 9.59 Å². The number of rotatable bonds is 13. The molecule has 2 aromatic heterocycles. The quantitative estimate of drug-likeness (QED) is 0.102. The van der Waals surface area contributed by atoms with Gasteiger partial charge in [0.1, 0.15) is 0 Å². The van der Waals surface area contributed by atoms with Gasteiger partial charge in [-0.05, 0) is 111 Å². The number of ether oxygens (including phenoxy) is 1. The molecule has 7 rings (SSSR count). The zero-order chi connectivity index (χ0) is 39.0. The molecule has 2 aliphatic heterocycles. The Morgan fingerprint density at radius 1 is 0.929 bits per heavy atom. The number of benzene rings is 3. The van der Waals surface area contributed by atoms with Gasteiger partial charge in [0.25, 0.3) is 11.8 Å². The number of hydrogen-bond donors (Lipinski definition) is 4. The second kappa shape index (κ2) is 18.4. The van der Waals surface area contributed by atoms with Crippen LogP contribution in [0, 0.1) is 6.92 Å². The maximum atomic E-state index is 13.8. The van der Waals surface area contributed by atoms with Crippen LogP contribution in [0.15, 0.2) is 66.9 Å². The molecule has 0 unspecified atom stereocenters. The summed E-state index contributed by atoms with van der Waals surface area (Å²) in [5.74, 6) is -0.518. The van der Waals surface area contributed by atoms with Gasteiger partial charge in [-0.15, -0.1) is 0 Å². The summed E-state index contributed by atoms with van der Waals surface area (Å²) in [5.41, 5.74) is 9.48. The predicted molar refractivity (Wildman–Crippen MR) is 223 cm³/mol. The van der Waals surface area contributed by atoms with Gasteiger partial charge in [-0.2, -0.15) is 5.10 Å². The van der Waals surface area contributed by atoms with Crippen LogP contribution < -0.4 is 21.3 Å². The maximum Gasteiger partial charge on any atom is 0.251 e. The lowest BCUT2D eigenvalue weighted by Gasteiger charge is -2.26. The van der Waals surface area contributed by atoms with Crippen molar-refractivity contribution in [3.8, 4) is 11.1 Å². The van der Waals surface area contributed by atoms with Crippen molar-refractivity contribution in [3.63, 3.8) is 0 Å². The second-order valence-corrected chi connectivity index (χ2v) is 15.2. The fourth-order valence-corrected chi connectivity index (χ4v) is 7.99. The van der Waals surface area contributed by atoms with Gasteiger partial charge in [-0.1, -0.05) is 42.8 Å². The molecular weight excluding hydrogens is 724 g/mol. The fourth-order valence-electron chi connectivity index (χ4n) is 7.76. The van der Waals surface area contributed by atoms with Crippen molar-refractivity contribution in [2.24, 2.45) is 0 Å². The molecule has 4 N–H and O–H groups in total. The molecule has 0 radical (unpaired) electrons. The number of halogens is 1. The highest BCUT2D eigenvalue weighted by molar-refractivity contribution is 6.33. The minimum absolute atomic E-state index is 0.249. The maximum absolute atomic E-state index is 13.8. The van der Waals surface area contributed by atoms with Crippen LogP contribution in [0.5, 0.6) is 0 Å². The summed E-state index contributed by atoms with van der Waals surface area (Å²) in [7, 11) is 0. The Bertz CT molecular complexity index is 2170. The molecule has 294 valence electrons. The lowest BCUT2D eigenvalue weighted by molar-refractivity contribution is 0.0904. The molecule has 4 heterocycles. The number of carbonyl (C=O) groups is 2. The van der Waals surface area contributed by atoms with Crippen LogP contribution in [-0.4, -0.2) is 76.9 Å². The van der Waals surface area contributed by atoms with Gasteiger partial charge in [0, 0.05) is 91.5 Å². The average molecular weight is 777 g/mol. The highest BCUT2D eigenvalue weighted by Crippen LogP contribution is 2.32. The summed E-state index contributed by atoms with van der Waals surface area (Å²) >= 11 is 6.73. The third-order valence-corrected chi connectivity index (χ3v) is 11.1. The Kier molecular flexibility index (Phi) is 13.0. The number of nitrogens with zero attached hydrogens (tertiary/aromatic N) is 4. The summed E-state index contributed by atoms with van der Waals surface area (Å²) in [5, 5.41) is 19.6. The van der Waals surface area contributed by atoms with Gasteiger partial charge in [0.2, 0.25) is 0 Å². The first-order valence-electron chi connectivity index (χ1n) is 20.0. The summed E-state index contributed by atoms with van der Waals surface area (Å²) in [4.78, 5) is 34.8. The molecule has 0 bridgehead atoms. The van der Waals surface area contributed by atoms with E-state index in [1.165, 1.54) is 5.56 Å². The minimum atomic E-state index is -0.261. The molecule has 0 atom stereocenters. The van der Waals surface area contributed by atoms with Crippen molar-refractivity contribution in [1.29, 1.82) is 0 Å². The van der Waals surface area contributed by atoms with E-state index < -0.39 is 0 Å². The highest BCUT2D eigenvalue weighted by Gasteiger charge is 2.23. The van der Waals surface area contributed by atoms with E-state index >= 15 is 0 Å². The number of amides is 2. The van der Waals surface area contributed by atoms with Crippen molar-refractivity contribution in [2.45, 2.75) is 78.7 Å². The molecule has 0 spiro atoms. The van der Waals surface area contributed by atoms with Gasteiger partial charge in [-0.25, -0.2) is 9.67 Å². The van der Waals surface area contributed by atoms with Crippen LogP contribution in [0.1, 0.15) is 81.8 Å². The SMILES string of the molecule is CCc1nc2c(cnn2CC)c(NC2CCOCC2)c1CNC(=O)c1cc(C)cc(C(=O)NCc2ccc(Cl)c(-c3cccc(CN4CCCNCC4)c3)c2)c1. The van der Waals surface area contributed by atoms with E-state index in [1.54, 1.807) is 12.1 Å². The highest BCUT2D eigenvalue weighted by atomic mass is 35.5. The van der Waals surface area contributed by atoms with Crippen LogP contribution in [-0.2, 0) is 37.3 Å². The Balaban J connectivity index is 1.04. The van der Waals surface area contributed by atoms with Crippen molar-refractivity contribution in [3.05, 3.63) is 111 Å². The lowest BCUT2D eigenvalue weighted by Crippen LogP contribution is -2.30. The Hall–Kier alpha value is -4.81. The Labute approximate surface area is 334 Å². The number of anilines is 1. The van der Waals surface area contributed by atoms with E-state index in [2.05, 4.69) is 69.4 Å². The Morgan fingerprint density at radius 2 is 1.71 bits per heavy atom. The largest absolute Gasteiger partial charge is 0.381 e. The minimum Gasteiger partial charge on any atom is -0.381 e. The van der Waals surface area contributed by atoms with Crippen molar-refractivity contribution in [2.75, 3.05) is 44.7 Å². The van der Waals surface area contributed by atoms with Gasteiger partial charge >= 0.3 is 0 Å². The van der Waals surface area contributed by atoms with Crippen LogP contribution in [0.25, 0.3) is 22.2 Å². The topological polar surface area (TPSA) is 125 Å². The molecule has 5 aromatic rings. The van der Waals surface area contributed by atoms with Gasteiger partial charge in [0.15, 0.2) is 5.65 Å². The summed E-state index contributed by atoms with van der Waals surface area (Å²) in [6.07, 6.45) is 5.51. The number of aryl methyl sites for hydroxylation is 3. The van der Waals surface area contributed by atoms with Crippen LogP contribution in [0.3, 0.4) is 0 Å². The van der Waals surface area contributed by atoms with Crippen LogP contribution >= 0.6 is 11.6 Å². The molecule has 2 amide bonds. The van der Waals surface area contributed by atoms with Crippen molar-refractivity contribution in [1.82, 2.24) is 35.6 Å². The number of nitrogens with one attached hydrogen (secondary N) is 4. The molecule has 11 nitrogen and oxygen atoms in total. The first-order chi connectivity index (χ1) is 27.3. The van der Waals surface area contributed by atoms with Crippen LogP contribution in [0.2, 0.25) is 5.02 Å². The molecular formula is C44H53ClN8O3. The van der Waals surface area contributed by atoms with Crippen molar-refractivity contribution < 1.29 is 14.3 Å². The molecule has 2 saturated heterocycles. The molecule has 2 fully saturated rings. The Morgan fingerprint density at radius 3 is 2.48 bits per heavy atom. The first kappa shape index (κ1) is 39.4. The number of pyridine rings is 1. The smallest absolute Gasteiger partial charge is 0.251 e. The molecule has 3 aromatic carbocycles. The molecule has 0 saturated carbocycles. The van der Waals surface area contributed by atoms with Crippen LogP contribution in [0.4, 0.5) is 5.69 Å². The molecule has 2 aliphatic rings. The number of hydrogen-bond acceptors (Lipinski definition) is 8. The summed E-state index contributed by atoms with van der Waals surface area (Å²) < 4.78 is 7.52. The van der Waals surface area contributed by atoms with E-state index in [-0.39, 0.29) is 24.4 Å². The first-order valence-corrected chi connectivity index (χ1v) is 20.4. The van der Waals surface area contributed by atoms with Crippen molar-refractivity contribution >= 4 is 40.1 Å². The standard InChI is InChI=1S/C44H53ClN8O3/c1-4-40-37(41(50-35-12-18-56-19-13-35)38-27-49-53(5-2)42(38)51-40)26-48-44(55)34-21-29(3)20-33(24-34)43(54)47-25-30-10-11-39(45)36(23-30)32-9-6-8-31(22-32)28-52-16-7-14-46-15-17-52/h6,8-11,20-24,27,35,46H,4-5,7,12-19,25-26,28H2,1-3H3,(H,47,54)(H,48,55)(H,50,51). The zero-order valence-corrected chi connectivity index (χ0v) is 33.5. The lowest BCUT2D eigenvalue weighted by atomic mass is 10.0. The zero-order valence-electron chi connectivity index (χ0n) is 32.7. The van der Waals surface area contributed by atoms with E-state index in [0.29, 0.717) is 48.9 Å². The van der Waals surface area contributed by atoms with E-state index in [0.717, 1.165) is 102 Å².